The van der Waals surface area contributed by atoms with E-state index in [1.165, 1.54) is 0 Å². The highest BCUT2D eigenvalue weighted by atomic mass is 16.5. The van der Waals surface area contributed by atoms with E-state index in [4.69, 9.17) is 15.2 Å². The molecule has 0 aromatic rings. The Morgan fingerprint density at radius 1 is 1.41 bits per heavy atom. The first-order chi connectivity index (χ1) is 8.20. The lowest BCUT2D eigenvalue weighted by atomic mass is 9.96. The zero-order chi connectivity index (χ0) is 12.7. The van der Waals surface area contributed by atoms with Gasteiger partial charge >= 0.3 is 0 Å². The van der Waals surface area contributed by atoms with Gasteiger partial charge in [-0.25, -0.2) is 0 Å². The summed E-state index contributed by atoms with van der Waals surface area (Å²) in [5.41, 5.74) is 5.72. The molecule has 1 rings (SSSR count). The Kier molecular flexibility index (Phi) is 6.47. The van der Waals surface area contributed by atoms with Crippen molar-refractivity contribution < 1.29 is 14.3 Å². The minimum atomic E-state index is 0.0451. The van der Waals surface area contributed by atoms with Crippen LogP contribution in [-0.2, 0) is 14.3 Å². The number of carbonyl (C=O) groups is 1. The Bertz CT molecular complexity index is 236. The number of ether oxygens (including phenoxy) is 2. The number of methoxy groups -OCH3 is 1. The van der Waals surface area contributed by atoms with E-state index in [0.29, 0.717) is 19.8 Å². The van der Waals surface area contributed by atoms with Crippen molar-refractivity contribution in [1.29, 1.82) is 0 Å². The number of nitrogens with two attached hydrogens (primary N) is 1. The molecule has 0 aromatic carbocycles. The van der Waals surface area contributed by atoms with Gasteiger partial charge in [-0.2, -0.15) is 0 Å². The van der Waals surface area contributed by atoms with Crippen molar-refractivity contribution in [3.63, 3.8) is 0 Å². The zero-order valence-electron chi connectivity index (χ0n) is 10.9. The summed E-state index contributed by atoms with van der Waals surface area (Å²) in [6, 6.07) is 0.452. The maximum absolute atomic E-state index is 12.0. The smallest absolute Gasteiger partial charge is 0.249 e. The number of piperidine rings is 1. The highest BCUT2D eigenvalue weighted by Crippen LogP contribution is 2.22. The summed E-state index contributed by atoms with van der Waals surface area (Å²) in [5.74, 6) is 0.0451. The van der Waals surface area contributed by atoms with Crippen molar-refractivity contribution in [3.05, 3.63) is 0 Å². The van der Waals surface area contributed by atoms with E-state index < -0.39 is 0 Å². The summed E-state index contributed by atoms with van der Waals surface area (Å²) in [6.45, 7) is 3.72. The molecule has 1 fully saturated rings. The predicted molar refractivity (Wildman–Crippen MR) is 65.7 cm³/mol. The first-order valence-electron chi connectivity index (χ1n) is 6.28. The van der Waals surface area contributed by atoms with Gasteiger partial charge in [0.1, 0.15) is 6.61 Å². The fraction of sp³-hybridized carbons (Fsp3) is 0.917. The Balaban J connectivity index is 2.40. The van der Waals surface area contributed by atoms with E-state index in [1.807, 2.05) is 4.90 Å². The predicted octanol–water partition coefficient (Wildman–Crippen LogP) is 0.378. The quantitative estimate of drug-likeness (QED) is 0.686. The maximum Gasteiger partial charge on any atom is 0.249 e. The van der Waals surface area contributed by atoms with Crippen LogP contribution in [-0.4, -0.2) is 56.4 Å². The van der Waals surface area contributed by atoms with Gasteiger partial charge in [-0.05, 0) is 26.2 Å². The molecule has 0 radical (unpaired) electrons. The van der Waals surface area contributed by atoms with Crippen molar-refractivity contribution in [2.24, 2.45) is 5.73 Å². The zero-order valence-corrected chi connectivity index (χ0v) is 10.9. The highest BCUT2D eigenvalue weighted by Gasteiger charge is 2.30. The molecule has 1 saturated heterocycles. The molecule has 5 heteroatoms. The molecule has 0 aliphatic carbocycles. The van der Waals surface area contributed by atoms with Gasteiger partial charge in [-0.3, -0.25) is 4.79 Å². The van der Waals surface area contributed by atoms with Gasteiger partial charge in [0.15, 0.2) is 0 Å². The Morgan fingerprint density at radius 3 is 2.82 bits per heavy atom. The van der Waals surface area contributed by atoms with Crippen molar-refractivity contribution in [3.8, 4) is 0 Å². The van der Waals surface area contributed by atoms with Gasteiger partial charge in [-0.1, -0.05) is 0 Å². The fourth-order valence-electron chi connectivity index (χ4n) is 2.34. The van der Waals surface area contributed by atoms with Crippen LogP contribution in [0.15, 0.2) is 0 Å². The second-order valence-corrected chi connectivity index (χ2v) is 4.52. The van der Waals surface area contributed by atoms with Gasteiger partial charge in [0, 0.05) is 25.7 Å². The number of amides is 1. The average molecular weight is 244 g/mol. The van der Waals surface area contributed by atoms with Crippen molar-refractivity contribution in [2.45, 2.75) is 38.3 Å². The van der Waals surface area contributed by atoms with Crippen LogP contribution in [0.3, 0.4) is 0 Å². The van der Waals surface area contributed by atoms with E-state index in [2.05, 4.69) is 6.92 Å². The topological polar surface area (TPSA) is 64.8 Å². The molecule has 2 unspecified atom stereocenters. The third-order valence-corrected chi connectivity index (χ3v) is 3.24. The summed E-state index contributed by atoms with van der Waals surface area (Å²) in [7, 11) is 1.61. The second kappa shape index (κ2) is 7.63. The minimum Gasteiger partial charge on any atom is -0.382 e. The molecule has 2 atom stereocenters. The molecule has 0 aromatic heterocycles. The Hall–Kier alpha value is -0.650. The number of hydrogen-bond acceptors (Lipinski definition) is 4. The van der Waals surface area contributed by atoms with Crippen LogP contribution in [0.4, 0.5) is 0 Å². The SMILES string of the molecule is COCCOCC(=O)N1C(C)CCCC1CN. The van der Waals surface area contributed by atoms with Gasteiger partial charge < -0.3 is 20.1 Å². The maximum atomic E-state index is 12.0. The van der Waals surface area contributed by atoms with Crippen LogP contribution in [0, 0.1) is 0 Å². The molecular formula is C12H24N2O3. The summed E-state index contributed by atoms with van der Waals surface area (Å²) in [6.07, 6.45) is 3.21. The number of rotatable bonds is 6. The molecule has 1 aliphatic heterocycles. The van der Waals surface area contributed by atoms with Crippen LogP contribution < -0.4 is 5.73 Å². The van der Waals surface area contributed by atoms with Crippen LogP contribution in [0.1, 0.15) is 26.2 Å². The van der Waals surface area contributed by atoms with Gasteiger partial charge in [0.25, 0.3) is 0 Å². The molecule has 0 spiro atoms. The molecule has 0 saturated carbocycles. The summed E-state index contributed by atoms with van der Waals surface area (Å²) in [4.78, 5) is 13.9. The third kappa shape index (κ3) is 4.26. The first-order valence-corrected chi connectivity index (χ1v) is 6.28. The molecule has 17 heavy (non-hydrogen) atoms. The van der Waals surface area contributed by atoms with Crippen molar-refractivity contribution in [1.82, 2.24) is 4.90 Å². The molecule has 1 amide bonds. The second-order valence-electron chi connectivity index (χ2n) is 4.52. The van der Waals surface area contributed by atoms with E-state index >= 15 is 0 Å². The lowest BCUT2D eigenvalue weighted by Gasteiger charge is -2.40. The summed E-state index contributed by atoms with van der Waals surface area (Å²) >= 11 is 0. The van der Waals surface area contributed by atoms with Crippen molar-refractivity contribution >= 4 is 5.91 Å². The van der Waals surface area contributed by atoms with E-state index in [-0.39, 0.29) is 24.6 Å². The normalized spacial score (nSPS) is 25.0. The highest BCUT2D eigenvalue weighted by molar-refractivity contribution is 5.78. The number of hydrogen-bond donors (Lipinski definition) is 1. The molecular weight excluding hydrogens is 220 g/mol. The largest absolute Gasteiger partial charge is 0.382 e. The molecule has 2 N–H and O–H groups in total. The Labute approximate surface area is 103 Å². The van der Waals surface area contributed by atoms with E-state index in [0.717, 1.165) is 19.3 Å². The minimum absolute atomic E-state index is 0.0451. The summed E-state index contributed by atoms with van der Waals surface area (Å²) in [5, 5.41) is 0. The molecule has 5 nitrogen and oxygen atoms in total. The fourth-order valence-corrected chi connectivity index (χ4v) is 2.34. The number of likely N-dealkylation sites (tertiary alicyclic amines) is 1. The van der Waals surface area contributed by atoms with Gasteiger partial charge in [-0.15, -0.1) is 0 Å². The average Bonchev–Trinajstić information content (AvgIpc) is 2.34. The van der Waals surface area contributed by atoms with E-state index in [1.54, 1.807) is 7.11 Å². The van der Waals surface area contributed by atoms with Gasteiger partial charge in [0.2, 0.25) is 5.91 Å². The van der Waals surface area contributed by atoms with Gasteiger partial charge in [0.05, 0.1) is 13.2 Å². The van der Waals surface area contributed by atoms with Crippen LogP contribution in [0.5, 0.6) is 0 Å². The standard InChI is InChI=1S/C12H24N2O3/c1-10-4-3-5-11(8-13)14(10)12(15)9-17-7-6-16-2/h10-11H,3-9,13H2,1-2H3. The third-order valence-electron chi connectivity index (χ3n) is 3.24. The van der Waals surface area contributed by atoms with Crippen molar-refractivity contribution in [2.75, 3.05) is 33.5 Å². The van der Waals surface area contributed by atoms with Crippen LogP contribution >= 0.6 is 0 Å². The van der Waals surface area contributed by atoms with Crippen LogP contribution in [0.2, 0.25) is 0 Å². The molecule has 0 bridgehead atoms. The first kappa shape index (κ1) is 14.4. The molecule has 100 valence electrons. The molecule has 1 aliphatic rings. The molecule has 1 heterocycles. The number of nitrogens with zero attached hydrogens (tertiary/aromatic N) is 1. The Morgan fingerprint density at radius 2 is 2.18 bits per heavy atom. The number of carbonyl (C=O) groups excluding carboxylic acids is 1. The monoisotopic (exact) mass is 244 g/mol. The van der Waals surface area contributed by atoms with E-state index in [9.17, 15) is 4.79 Å². The van der Waals surface area contributed by atoms with Crippen LogP contribution in [0.25, 0.3) is 0 Å². The lowest BCUT2D eigenvalue weighted by molar-refractivity contribution is -0.143. The lowest BCUT2D eigenvalue weighted by Crippen LogP contribution is -2.53. The summed E-state index contributed by atoms with van der Waals surface area (Å²) < 4.78 is 10.1.